The van der Waals surface area contributed by atoms with Gasteiger partial charge >= 0.3 is 6.09 Å². The van der Waals surface area contributed by atoms with Gasteiger partial charge in [-0.05, 0) is 36.1 Å². The van der Waals surface area contributed by atoms with Gasteiger partial charge in [-0.25, -0.2) is 4.79 Å². The van der Waals surface area contributed by atoms with Gasteiger partial charge in [0.2, 0.25) is 0 Å². The highest BCUT2D eigenvalue weighted by Crippen LogP contribution is 2.27. The van der Waals surface area contributed by atoms with Gasteiger partial charge in [0.1, 0.15) is 6.61 Å². The lowest BCUT2D eigenvalue weighted by molar-refractivity contribution is -0.114. The van der Waals surface area contributed by atoms with E-state index in [0.717, 1.165) is 17.7 Å². The van der Waals surface area contributed by atoms with Crippen LogP contribution in [-0.2, 0) is 22.6 Å². The standard InChI is InChI=1S/C21H22N2O4/c24-20(22-15-13-18-10-4-5-11-19(18)22)12-6-7-14-23(26)21(25)27-16-17-8-2-1-3-9-17/h1-6,8-12,26H,7,13-16H2/b12-6+. The van der Waals surface area contributed by atoms with Gasteiger partial charge in [-0.3, -0.25) is 10.0 Å². The van der Waals surface area contributed by atoms with E-state index in [-0.39, 0.29) is 19.1 Å². The number of carbonyl (C=O) groups is 2. The molecule has 1 N–H and O–H groups in total. The van der Waals surface area contributed by atoms with Gasteiger partial charge in [-0.15, -0.1) is 0 Å². The molecule has 0 atom stereocenters. The van der Waals surface area contributed by atoms with Crippen molar-refractivity contribution in [2.75, 3.05) is 18.0 Å². The van der Waals surface area contributed by atoms with Crippen molar-refractivity contribution in [3.05, 3.63) is 77.9 Å². The van der Waals surface area contributed by atoms with Crippen molar-refractivity contribution in [1.82, 2.24) is 5.06 Å². The van der Waals surface area contributed by atoms with Gasteiger partial charge in [-0.1, -0.05) is 54.6 Å². The predicted octanol–water partition coefficient (Wildman–Crippen LogP) is 3.55. The Hall–Kier alpha value is -3.12. The number of hydrogen-bond donors (Lipinski definition) is 1. The van der Waals surface area contributed by atoms with Crippen LogP contribution in [-0.4, -0.2) is 35.4 Å². The number of anilines is 1. The molecule has 2 amide bonds. The summed E-state index contributed by atoms with van der Waals surface area (Å²) < 4.78 is 5.03. The molecule has 2 aromatic carbocycles. The number of hydrogen-bond acceptors (Lipinski definition) is 4. The third kappa shape index (κ3) is 4.95. The van der Waals surface area contributed by atoms with Crippen LogP contribution in [0.15, 0.2) is 66.7 Å². The smallest absolute Gasteiger partial charge is 0.434 e. The van der Waals surface area contributed by atoms with Crippen molar-refractivity contribution in [2.24, 2.45) is 0 Å². The molecule has 3 rings (SSSR count). The van der Waals surface area contributed by atoms with Crippen LogP contribution >= 0.6 is 0 Å². The minimum absolute atomic E-state index is 0.0496. The molecule has 140 valence electrons. The van der Waals surface area contributed by atoms with E-state index in [1.807, 2.05) is 54.6 Å². The zero-order valence-corrected chi connectivity index (χ0v) is 15.0. The second-order valence-corrected chi connectivity index (χ2v) is 6.22. The number of ether oxygens (including phenoxy) is 1. The molecule has 27 heavy (non-hydrogen) atoms. The molecule has 0 aromatic heterocycles. The van der Waals surface area contributed by atoms with Crippen LogP contribution in [0.25, 0.3) is 0 Å². The first-order chi connectivity index (χ1) is 13.1. The molecule has 0 spiro atoms. The maximum absolute atomic E-state index is 12.3. The lowest BCUT2D eigenvalue weighted by Crippen LogP contribution is -2.29. The molecule has 6 nitrogen and oxygen atoms in total. The number of amides is 2. The van der Waals surface area contributed by atoms with E-state index < -0.39 is 6.09 Å². The zero-order chi connectivity index (χ0) is 19.1. The fourth-order valence-electron chi connectivity index (χ4n) is 2.92. The van der Waals surface area contributed by atoms with Crippen LogP contribution in [0, 0.1) is 0 Å². The van der Waals surface area contributed by atoms with Gasteiger partial charge < -0.3 is 9.64 Å². The summed E-state index contributed by atoms with van der Waals surface area (Å²) in [7, 11) is 0. The second kappa shape index (κ2) is 9.00. The minimum Gasteiger partial charge on any atom is -0.443 e. The molecule has 6 heteroatoms. The normalized spacial score (nSPS) is 12.9. The molecule has 1 aliphatic heterocycles. The minimum atomic E-state index is -0.813. The average molecular weight is 366 g/mol. The van der Waals surface area contributed by atoms with E-state index in [2.05, 4.69) is 0 Å². The molecule has 0 fully saturated rings. The molecule has 0 bridgehead atoms. The molecule has 0 radical (unpaired) electrons. The van der Waals surface area contributed by atoms with Crippen LogP contribution in [0.1, 0.15) is 17.5 Å². The number of nitrogens with zero attached hydrogens (tertiary/aromatic N) is 2. The highest BCUT2D eigenvalue weighted by atomic mass is 16.6. The van der Waals surface area contributed by atoms with Gasteiger partial charge in [0.15, 0.2) is 0 Å². The van der Waals surface area contributed by atoms with Crippen molar-refractivity contribution in [3.63, 3.8) is 0 Å². The zero-order valence-electron chi connectivity index (χ0n) is 15.0. The lowest BCUT2D eigenvalue weighted by Gasteiger charge is -2.15. The van der Waals surface area contributed by atoms with Gasteiger partial charge in [0, 0.05) is 12.2 Å². The number of benzene rings is 2. The summed E-state index contributed by atoms with van der Waals surface area (Å²) in [5.41, 5.74) is 2.96. The van der Waals surface area contributed by atoms with Gasteiger partial charge in [0.05, 0.1) is 6.54 Å². The van der Waals surface area contributed by atoms with E-state index in [4.69, 9.17) is 4.74 Å². The summed E-state index contributed by atoms with van der Waals surface area (Å²) in [6.07, 6.45) is 3.51. The van der Waals surface area contributed by atoms with E-state index in [9.17, 15) is 14.8 Å². The van der Waals surface area contributed by atoms with Crippen molar-refractivity contribution < 1.29 is 19.5 Å². The summed E-state index contributed by atoms with van der Waals surface area (Å²) >= 11 is 0. The second-order valence-electron chi connectivity index (χ2n) is 6.22. The summed E-state index contributed by atoms with van der Waals surface area (Å²) in [5.74, 6) is -0.101. The Morgan fingerprint density at radius 2 is 1.85 bits per heavy atom. The monoisotopic (exact) mass is 366 g/mol. The van der Waals surface area contributed by atoms with Gasteiger partial charge in [-0.2, -0.15) is 5.06 Å². The molecule has 0 saturated carbocycles. The van der Waals surface area contributed by atoms with E-state index in [1.54, 1.807) is 11.0 Å². The Labute approximate surface area is 158 Å². The molecule has 0 aliphatic carbocycles. The third-order valence-electron chi connectivity index (χ3n) is 4.34. The molecule has 0 saturated heterocycles. The van der Waals surface area contributed by atoms with Gasteiger partial charge in [0.25, 0.3) is 5.91 Å². The molecule has 1 aliphatic rings. The number of para-hydroxylation sites is 1. The molecule has 2 aromatic rings. The first kappa shape index (κ1) is 18.7. The van der Waals surface area contributed by atoms with Crippen LogP contribution in [0.3, 0.4) is 0 Å². The highest BCUT2D eigenvalue weighted by molar-refractivity contribution is 6.02. The first-order valence-electron chi connectivity index (χ1n) is 8.88. The van der Waals surface area contributed by atoms with Crippen molar-refractivity contribution in [2.45, 2.75) is 19.4 Å². The summed E-state index contributed by atoms with van der Waals surface area (Å²) in [5, 5.41) is 10.2. The van der Waals surface area contributed by atoms with E-state index in [0.29, 0.717) is 18.0 Å². The van der Waals surface area contributed by atoms with Crippen LogP contribution in [0.4, 0.5) is 10.5 Å². The number of hydroxylamine groups is 2. The average Bonchev–Trinajstić information content (AvgIpc) is 3.14. The fourth-order valence-corrected chi connectivity index (χ4v) is 2.92. The maximum atomic E-state index is 12.3. The molecule has 0 unspecified atom stereocenters. The Morgan fingerprint density at radius 1 is 1.11 bits per heavy atom. The largest absolute Gasteiger partial charge is 0.443 e. The van der Waals surface area contributed by atoms with Crippen molar-refractivity contribution >= 4 is 17.7 Å². The third-order valence-corrected chi connectivity index (χ3v) is 4.34. The predicted molar refractivity (Wildman–Crippen MR) is 101 cm³/mol. The van der Waals surface area contributed by atoms with E-state index >= 15 is 0 Å². The first-order valence-corrected chi connectivity index (χ1v) is 8.88. The quantitative estimate of drug-likeness (QED) is 0.482. The van der Waals surface area contributed by atoms with Crippen molar-refractivity contribution in [3.8, 4) is 0 Å². The Kier molecular flexibility index (Phi) is 6.22. The lowest BCUT2D eigenvalue weighted by atomic mass is 10.2. The molecular formula is C21H22N2O4. The Morgan fingerprint density at radius 3 is 2.67 bits per heavy atom. The van der Waals surface area contributed by atoms with Crippen LogP contribution in [0.5, 0.6) is 0 Å². The topological polar surface area (TPSA) is 70.1 Å². The maximum Gasteiger partial charge on any atom is 0.434 e. The van der Waals surface area contributed by atoms with E-state index in [1.165, 1.54) is 11.6 Å². The SMILES string of the molecule is O=C(OCc1ccccc1)N(O)CC/C=C/C(=O)N1CCc2ccccc21. The summed E-state index contributed by atoms with van der Waals surface area (Å²) in [6, 6.07) is 17.1. The fraction of sp³-hybridized carbons (Fsp3) is 0.238. The molecule has 1 heterocycles. The van der Waals surface area contributed by atoms with Crippen molar-refractivity contribution in [1.29, 1.82) is 0 Å². The van der Waals surface area contributed by atoms with Crippen LogP contribution < -0.4 is 4.90 Å². The number of fused-ring (bicyclic) bond motifs is 1. The Bertz CT molecular complexity index is 820. The highest BCUT2D eigenvalue weighted by Gasteiger charge is 2.22. The number of carbonyl (C=O) groups excluding carboxylic acids is 2. The summed E-state index contributed by atoms with van der Waals surface area (Å²) in [6.45, 7) is 0.813. The molecular weight excluding hydrogens is 344 g/mol. The number of rotatable bonds is 6. The van der Waals surface area contributed by atoms with Crippen LogP contribution in [0.2, 0.25) is 0 Å². The summed E-state index contributed by atoms with van der Waals surface area (Å²) in [4.78, 5) is 25.8. The Balaban J connectivity index is 1.41.